The summed E-state index contributed by atoms with van der Waals surface area (Å²) in [4.78, 5) is 0. The highest BCUT2D eigenvalue weighted by molar-refractivity contribution is 5.19. The number of rotatable bonds is 4. The molecule has 2 aromatic rings. The van der Waals surface area contributed by atoms with Gasteiger partial charge in [-0.15, -0.1) is 0 Å². The Morgan fingerprint density at radius 3 is 2.53 bits per heavy atom. The lowest BCUT2D eigenvalue weighted by Gasteiger charge is -2.14. The van der Waals surface area contributed by atoms with E-state index in [2.05, 4.69) is 24.4 Å². The van der Waals surface area contributed by atoms with Crippen LogP contribution in [0.5, 0.6) is 0 Å². The van der Waals surface area contributed by atoms with Gasteiger partial charge in [0.25, 0.3) is 0 Å². The van der Waals surface area contributed by atoms with E-state index in [1.807, 2.05) is 24.3 Å². The molecule has 0 amide bonds. The fourth-order valence-electron chi connectivity index (χ4n) is 1.78. The molecule has 2 rings (SSSR count). The Morgan fingerprint density at radius 2 is 1.82 bits per heavy atom. The molecule has 0 heterocycles. The van der Waals surface area contributed by atoms with Crippen LogP contribution in [0.2, 0.25) is 0 Å². The topological polar surface area (TPSA) is 12.0 Å². The maximum atomic E-state index is 13.0. The van der Waals surface area contributed by atoms with E-state index in [0.717, 1.165) is 5.56 Å². The quantitative estimate of drug-likeness (QED) is 0.843. The predicted molar refractivity (Wildman–Crippen MR) is 68.1 cm³/mol. The van der Waals surface area contributed by atoms with Crippen LogP contribution in [0.25, 0.3) is 0 Å². The SMILES string of the molecule is C[C@@H](NCc1cccc(F)c1)c1ccccc1. The van der Waals surface area contributed by atoms with E-state index in [-0.39, 0.29) is 11.9 Å². The summed E-state index contributed by atoms with van der Waals surface area (Å²) in [6.07, 6.45) is 0. The number of benzene rings is 2. The maximum Gasteiger partial charge on any atom is 0.123 e. The van der Waals surface area contributed by atoms with Crippen molar-refractivity contribution < 1.29 is 4.39 Å². The molecular weight excluding hydrogens is 213 g/mol. The standard InChI is InChI=1S/C15H16FN/c1-12(14-7-3-2-4-8-14)17-11-13-6-5-9-15(16)10-13/h2-10,12,17H,11H2,1H3/t12-/m1/s1. The van der Waals surface area contributed by atoms with Crippen LogP contribution in [-0.4, -0.2) is 0 Å². The fourth-order valence-corrected chi connectivity index (χ4v) is 1.78. The van der Waals surface area contributed by atoms with Crippen molar-refractivity contribution in [3.63, 3.8) is 0 Å². The van der Waals surface area contributed by atoms with Crippen molar-refractivity contribution in [2.75, 3.05) is 0 Å². The maximum absolute atomic E-state index is 13.0. The molecule has 0 saturated heterocycles. The van der Waals surface area contributed by atoms with E-state index in [4.69, 9.17) is 0 Å². The van der Waals surface area contributed by atoms with E-state index in [1.165, 1.54) is 11.6 Å². The van der Waals surface area contributed by atoms with Gasteiger partial charge >= 0.3 is 0 Å². The van der Waals surface area contributed by atoms with E-state index in [0.29, 0.717) is 6.54 Å². The van der Waals surface area contributed by atoms with Gasteiger partial charge < -0.3 is 5.32 Å². The first-order valence-corrected chi connectivity index (χ1v) is 5.78. The molecule has 1 nitrogen and oxygen atoms in total. The van der Waals surface area contributed by atoms with Gasteiger partial charge in [-0.1, -0.05) is 42.5 Å². The van der Waals surface area contributed by atoms with Crippen LogP contribution in [0.4, 0.5) is 4.39 Å². The third kappa shape index (κ3) is 3.40. The number of hydrogen-bond donors (Lipinski definition) is 1. The van der Waals surface area contributed by atoms with Gasteiger partial charge in [-0.2, -0.15) is 0 Å². The molecule has 0 bridgehead atoms. The van der Waals surface area contributed by atoms with Crippen molar-refractivity contribution in [2.24, 2.45) is 0 Å². The lowest BCUT2D eigenvalue weighted by Crippen LogP contribution is -2.17. The summed E-state index contributed by atoms with van der Waals surface area (Å²) in [6.45, 7) is 2.78. The second-order valence-electron chi connectivity index (χ2n) is 4.14. The number of halogens is 1. The van der Waals surface area contributed by atoms with Gasteiger partial charge in [-0.25, -0.2) is 4.39 Å². The van der Waals surface area contributed by atoms with Gasteiger partial charge in [0.15, 0.2) is 0 Å². The second-order valence-corrected chi connectivity index (χ2v) is 4.14. The molecule has 0 radical (unpaired) electrons. The average molecular weight is 229 g/mol. The van der Waals surface area contributed by atoms with Gasteiger partial charge in [0, 0.05) is 12.6 Å². The zero-order chi connectivity index (χ0) is 12.1. The van der Waals surface area contributed by atoms with E-state index >= 15 is 0 Å². The number of nitrogens with one attached hydrogen (secondary N) is 1. The molecule has 0 spiro atoms. The van der Waals surface area contributed by atoms with E-state index < -0.39 is 0 Å². The normalized spacial score (nSPS) is 12.4. The largest absolute Gasteiger partial charge is 0.306 e. The minimum atomic E-state index is -0.184. The molecule has 0 saturated carbocycles. The Balaban J connectivity index is 1.95. The summed E-state index contributed by atoms with van der Waals surface area (Å²) < 4.78 is 13.0. The van der Waals surface area contributed by atoms with Gasteiger partial charge in [-0.05, 0) is 30.2 Å². The highest BCUT2D eigenvalue weighted by atomic mass is 19.1. The Hall–Kier alpha value is -1.67. The number of hydrogen-bond acceptors (Lipinski definition) is 1. The van der Waals surface area contributed by atoms with Crippen LogP contribution in [0.15, 0.2) is 54.6 Å². The summed E-state index contributed by atoms with van der Waals surface area (Å²) in [6, 6.07) is 17.2. The molecule has 0 aliphatic carbocycles. The van der Waals surface area contributed by atoms with Crippen LogP contribution >= 0.6 is 0 Å². The molecule has 88 valence electrons. The molecule has 0 fully saturated rings. The monoisotopic (exact) mass is 229 g/mol. The molecule has 17 heavy (non-hydrogen) atoms. The Bertz CT molecular complexity index is 467. The highest BCUT2D eigenvalue weighted by Crippen LogP contribution is 2.12. The fraction of sp³-hybridized carbons (Fsp3) is 0.200. The predicted octanol–water partition coefficient (Wildman–Crippen LogP) is 3.68. The summed E-state index contributed by atoms with van der Waals surface area (Å²) in [7, 11) is 0. The van der Waals surface area contributed by atoms with Crippen molar-refractivity contribution in [1.29, 1.82) is 0 Å². The van der Waals surface area contributed by atoms with Gasteiger partial charge in [-0.3, -0.25) is 0 Å². The lowest BCUT2D eigenvalue weighted by molar-refractivity contribution is 0.569. The molecule has 0 aliphatic rings. The summed E-state index contributed by atoms with van der Waals surface area (Å²) >= 11 is 0. The molecule has 2 aromatic carbocycles. The third-order valence-electron chi connectivity index (χ3n) is 2.80. The van der Waals surface area contributed by atoms with Crippen molar-refractivity contribution in [3.8, 4) is 0 Å². The molecular formula is C15H16FN. The summed E-state index contributed by atoms with van der Waals surface area (Å²) in [5.74, 6) is -0.184. The van der Waals surface area contributed by atoms with E-state index in [1.54, 1.807) is 12.1 Å². The van der Waals surface area contributed by atoms with Crippen molar-refractivity contribution in [3.05, 3.63) is 71.5 Å². The third-order valence-corrected chi connectivity index (χ3v) is 2.80. The van der Waals surface area contributed by atoms with Crippen LogP contribution in [0.1, 0.15) is 24.1 Å². The molecule has 0 aliphatic heterocycles. The Labute approximate surface area is 101 Å². The lowest BCUT2D eigenvalue weighted by atomic mass is 10.1. The van der Waals surface area contributed by atoms with Crippen LogP contribution in [0, 0.1) is 5.82 Å². The van der Waals surface area contributed by atoms with Gasteiger partial charge in [0.2, 0.25) is 0 Å². The van der Waals surface area contributed by atoms with Crippen molar-refractivity contribution in [1.82, 2.24) is 5.32 Å². The minimum Gasteiger partial charge on any atom is -0.306 e. The smallest absolute Gasteiger partial charge is 0.123 e. The van der Waals surface area contributed by atoms with E-state index in [9.17, 15) is 4.39 Å². The average Bonchev–Trinajstić information content (AvgIpc) is 2.37. The molecule has 0 unspecified atom stereocenters. The Morgan fingerprint density at radius 1 is 1.06 bits per heavy atom. The Kier molecular flexibility index (Phi) is 3.89. The van der Waals surface area contributed by atoms with Crippen molar-refractivity contribution in [2.45, 2.75) is 19.5 Å². The van der Waals surface area contributed by atoms with Gasteiger partial charge in [0.1, 0.15) is 5.82 Å². The highest BCUT2D eigenvalue weighted by Gasteiger charge is 2.03. The molecule has 1 atom stereocenters. The molecule has 1 N–H and O–H groups in total. The second kappa shape index (κ2) is 5.60. The first kappa shape index (κ1) is 11.8. The minimum absolute atomic E-state index is 0.184. The molecule has 2 heteroatoms. The summed E-state index contributed by atoms with van der Waals surface area (Å²) in [5, 5.41) is 3.38. The first-order chi connectivity index (χ1) is 8.25. The van der Waals surface area contributed by atoms with Crippen LogP contribution in [-0.2, 0) is 6.54 Å². The summed E-state index contributed by atoms with van der Waals surface area (Å²) in [5.41, 5.74) is 2.21. The molecule has 0 aromatic heterocycles. The first-order valence-electron chi connectivity index (χ1n) is 5.78. The van der Waals surface area contributed by atoms with Crippen LogP contribution < -0.4 is 5.32 Å². The zero-order valence-corrected chi connectivity index (χ0v) is 9.86. The zero-order valence-electron chi connectivity index (χ0n) is 9.86. The van der Waals surface area contributed by atoms with Crippen molar-refractivity contribution >= 4 is 0 Å². The van der Waals surface area contributed by atoms with Crippen LogP contribution in [0.3, 0.4) is 0 Å². The van der Waals surface area contributed by atoms with Gasteiger partial charge in [0.05, 0.1) is 0 Å².